The van der Waals surface area contributed by atoms with E-state index >= 15 is 0 Å². The number of carbonyl (C=O) groups is 1. The summed E-state index contributed by atoms with van der Waals surface area (Å²) in [6.07, 6.45) is 3.62. The van der Waals surface area contributed by atoms with Crippen LogP contribution in [-0.4, -0.2) is 28.9 Å². The Kier molecular flexibility index (Phi) is 5.53. The third-order valence-corrected chi connectivity index (χ3v) is 4.58. The van der Waals surface area contributed by atoms with Gasteiger partial charge in [0.1, 0.15) is 0 Å². The van der Waals surface area contributed by atoms with Crippen molar-refractivity contribution in [1.82, 2.24) is 9.88 Å². The second-order valence-corrected chi connectivity index (χ2v) is 5.96. The Bertz CT molecular complexity index is 527. The highest BCUT2D eigenvalue weighted by atomic mass is 32.1. The number of unbranched alkanes of at least 4 members (excludes halogenated alkanes) is 1. The fraction of sp³-hybridized carbons (Fsp3) is 0.500. The lowest BCUT2D eigenvalue weighted by Gasteiger charge is -2.18. The lowest BCUT2D eigenvalue weighted by atomic mass is 10.2. The molecule has 1 aromatic carbocycles. The predicted octanol–water partition coefficient (Wildman–Crippen LogP) is 3.88. The highest BCUT2D eigenvalue weighted by Crippen LogP contribution is 2.22. The summed E-state index contributed by atoms with van der Waals surface area (Å²) < 4.78 is 1.25. The van der Waals surface area contributed by atoms with E-state index in [1.165, 1.54) is 9.71 Å². The number of benzene rings is 1. The monoisotopic (exact) mass is 290 g/mol. The van der Waals surface area contributed by atoms with Crippen LogP contribution in [0.25, 0.3) is 10.2 Å². The molecule has 0 atom stereocenters. The van der Waals surface area contributed by atoms with Gasteiger partial charge in [0.15, 0.2) is 0 Å². The average Bonchev–Trinajstić information content (AvgIpc) is 2.87. The van der Waals surface area contributed by atoms with Crippen LogP contribution in [0.2, 0.25) is 0 Å². The molecule has 0 aliphatic carbocycles. The number of amides is 1. The first kappa shape index (κ1) is 15.0. The van der Waals surface area contributed by atoms with E-state index in [-0.39, 0.29) is 5.91 Å². The van der Waals surface area contributed by atoms with E-state index in [0.717, 1.165) is 37.9 Å². The van der Waals surface area contributed by atoms with Crippen molar-refractivity contribution in [2.75, 3.05) is 13.1 Å². The van der Waals surface area contributed by atoms with Crippen LogP contribution in [0.1, 0.15) is 38.1 Å². The predicted molar refractivity (Wildman–Crippen MR) is 85.1 cm³/mol. The van der Waals surface area contributed by atoms with Gasteiger partial charge >= 0.3 is 0 Å². The minimum Gasteiger partial charge on any atom is -0.343 e. The van der Waals surface area contributed by atoms with E-state index < -0.39 is 0 Å². The molecule has 1 amide bonds. The molecule has 0 saturated heterocycles. The third-order valence-electron chi connectivity index (χ3n) is 3.49. The van der Waals surface area contributed by atoms with E-state index in [2.05, 4.69) is 17.1 Å². The van der Waals surface area contributed by atoms with Crippen molar-refractivity contribution in [3.8, 4) is 0 Å². The molecule has 0 radical (unpaired) electrons. The summed E-state index contributed by atoms with van der Waals surface area (Å²) in [5.74, 6) is 0.277. The molecule has 4 heteroatoms. The van der Waals surface area contributed by atoms with Crippen molar-refractivity contribution in [3.63, 3.8) is 0 Å². The van der Waals surface area contributed by atoms with Gasteiger partial charge in [-0.2, -0.15) is 0 Å². The smallest absolute Gasteiger partial charge is 0.222 e. The van der Waals surface area contributed by atoms with Crippen LogP contribution in [0.3, 0.4) is 0 Å². The van der Waals surface area contributed by atoms with Gasteiger partial charge in [-0.1, -0.05) is 12.1 Å². The number of aryl methyl sites for hydroxylation is 1. The fourth-order valence-corrected chi connectivity index (χ4v) is 3.32. The second kappa shape index (κ2) is 7.39. The zero-order valence-corrected chi connectivity index (χ0v) is 13.1. The Labute approximate surface area is 124 Å². The van der Waals surface area contributed by atoms with Crippen LogP contribution in [0.15, 0.2) is 24.3 Å². The molecule has 0 saturated carbocycles. The number of hydrogen-bond acceptors (Lipinski definition) is 3. The first-order valence-electron chi connectivity index (χ1n) is 7.36. The molecule has 1 aromatic heterocycles. The van der Waals surface area contributed by atoms with E-state index in [9.17, 15) is 4.79 Å². The highest BCUT2D eigenvalue weighted by Gasteiger charge is 2.09. The summed E-state index contributed by atoms with van der Waals surface area (Å²) in [5, 5.41) is 1.18. The summed E-state index contributed by atoms with van der Waals surface area (Å²) in [6, 6.07) is 8.24. The molecule has 2 rings (SSSR count). The number of aromatic nitrogens is 1. The Morgan fingerprint density at radius 1 is 1.20 bits per heavy atom. The molecule has 0 bridgehead atoms. The number of fused-ring (bicyclic) bond motifs is 1. The molecule has 0 aliphatic rings. The van der Waals surface area contributed by atoms with Crippen molar-refractivity contribution in [1.29, 1.82) is 0 Å². The van der Waals surface area contributed by atoms with Crippen LogP contribution in [0.5, 0.6) is 0 Å². The lowest BCUT2D eigenvalue weighted by Crippen LogP contribution is -2.30. The fourth-order valence-electron chi connectivity index (χ4n) is 2.31. The third kappa shape index (κ3) is 3.79. The maximum atomic E-state index is 11.9. The van der Waals surface area contributed by atoms with E-state index in [1.807, 2.05) is 30.9 Å². The van der Waals surface area contributed by atoms with Gasteiger partial charge in [0.05, 0.1) is 15.2 Å². The zero-order chi connectivity index (χ0) is 14.4. The molecule has 0 N–H and O–H groups in total. The molecule has 1 heterocycles. The normalized spacial score (nSPS) is 10.9. The molecule has 0 unspecified atom stereocenters. The standard InChI is InChI=1S/C16H22N2OS/c1-3-18(4-2)16(19)12-8-7-11-15-17-13-9-5-6-10-14(13)20-15/h5-6,9-10H,3-4,7-8,11-12H2,1-2H3. The van der Waals surface area contributed by atoms with Gasteiger partial charge in [0.2, 0.25) is 5.91 Å². The first-order valence-corrected chi connectivity index (χ1v) is 8.18. The van der Waals surface area contributed by atoms with E-state index in [1.54, 1.807) is 11.3 Å². The van der Waals surface area contributed by atoms with Crippen molar-refractivity contribution in [2.45, 2.75) is 39.5 Å². The van der Waals surface area contributed by atoms with Crippen LogP contribution in [0.4, 0.5) is 0 Å². The SMILES string of the molecule is CCN(CC)C(=O)CCCCc1nc2ccccc2s1. The molecule has 0 aliphatic heterocycles. The molecular weight excluding hydrogens is 268 g/mol. The van der Waals surface area contributed by atoms with Crippen LogP contribution < -0.4 is 0 Å². The molecule has 20 heavy (non-hydrogen) atoms. The number of carbonyl (C=O) groups excluding carboxylic acids is 1. The lowest BCUT2D eigenvalue weighted by molar-refractivity contribution is -0.130. The van der Waals surface area contributed by atoms with Gasteiger partial charge in [-0.25, -0.2) is 4.98 Å². The van der Waals surface area contributed by atoms with Gasteiger partial charge in [-0.15, -0.1) is 11.3 Å². The van der Waals surface area contributed by atoms with Crippen molar-refractivity contribution in [2.24, 2.45) is 0 Å². The topological polar surface area (TPSA) is 33.2 Å². The van der Waals surface area contributed by atoms with E-state index in [4.69, 9.17) is 0 Å². The summed E-state index contributed by atoms with van der Waals surface area (Å²) in [6.45, 7) is 5.69. The Balaban J connectivity index is 1.77. The Morgan fingerprint density at radius 2 is 1.95 bits per heavy atom. The molecule has 108 valence electrons. The number of para-hydroxylation sites is 1. The quantitative estimate of drug-likeness (QED) is 0.725. The van der Waals surface area contributed by atoms with Crippen LogP contribution >= 0.6 is 11.3 Å². The Hall–Kier alpha value is -1.42. The van der Waals surface area contributed by atoms with E-state index in [0.29, 0.717) is 6.42 Å². The summed E-state index contributed by atoms with van der Waals surface area (Å²) >= 11 is 1.76. The van der Waals surface area contributed by atoms with Gasteiger partial charge in [0.25, 0.3) is 0 Å². The molecule has 0 spiro atoms. The molecule has 2 aromatic rings. The van der Waals surface area contributed by atoms with Gasteiger partial charge < -0.3 is 4.90 Å². The summed E-state index contributed by atoms with van der Waals surface area (Å²) in [5.41, 5.74) is 1.09. The number of nitrogens with zero attached hydrogens (tertiary/aromatic N) is 2. The van der Waals surface area contributed by atoms with Crippen molar-refractivity contribution >= 4 is 27.5 Å². The zero-order valence-electron chi connectivity index (χ0n) is 12.3. The highest BCUT2D eigenvalue weighted by molar-refractivity contribution is 7.18. The Morgan fingerprint density at radius 3 is 2.65 bits per heavy atom. The summed E-state index contributed by atoms with van der Waals surface area (Å²) in [7, 11) is 0. The number of rotatable bonds is 7. The largest absolute Gasteiger partial charge is 0.343 e. The number of hydrogen-bond donors (Lipinski definition) is 0. The van der Waals surface area contributed by atoms with Crippen molar-refractivity contribution < 1.29 is 4.79 Å². The van der Waals surface area contributed by atoms with Crippen LogP contribution in [0, 0.1) is 0 Å². The first-order chi connectivity index (χ1) is 9.74. The van der Waals surface area contributed by atoms with Crippen molar-refractivity contribution in [3.05, 3.63) is 29.3 Å². The van der Waals surface area contributed by atoms with Gasteiger partial charge in [-0.05, 0) is 45.2 Å². The maximum absolute atomic E-state index is 11.9. The summed E-state index contributed by atoms with van der Waals surface area (Å²) in [4.78, 5) is 18.4. The van der Waals surface area contributed by atoms with Gasteiger partial charge in [-0.3, -0.25) is 4.79 Å². The minimum absolute atomic E-state index is 0.277. The van der Waals surface area contributed by atoms with Crippen LogP contribution in [-0.2, 0) is 11.2 Å². The molecular formula is C16H22N2OS. The second-order valence-electron chi connectivity index (χ2n) is 4.85. The minimum atomic E-state index is 0.277. The number of thiazole rings is 1. The van der Waals surface area contributed by atoms with Gasteiger partial charge in [0, 0.05) is 19.5 Å². The average molecular weight is 290 g/mol. The molecule has 0 fully saturated rings. The maximum Gasteiger partial charge on any atom is 0.222 e. The molecule has 3 nitrogen and oxygen atoms in total.